The van der Waals surface area contributed by atoms with Crippen molar-refractivity contribution in [1.29, 1.82) is 0 Å². The number of nitrogens with zero attached hydrogens (tertiary/aromatic N) is 3. The molecule has 0 saturated heterocycles. The average Bonchev–Trinajstić information content (AvgIpc) is 3.53. The first-order chi connectivity index (χ1) is 14.3. The molecule has 2 heterocycles. The summed E-state index contributed by atoms with van der Waals surface area (Å²) < 4.78 is 41.1. The third-order valence-corrected chi connectivity index (χ3v) is 5.00. The van der Waals surface area contributed by atoms with Gasteiger partial charge in [0, 0.05) is 17.5 Å². The highest BCUT2D eigenvalue weighted by atomic mass is 19.4. The number of hydrogen-bond acceptors (Lipinski definition) is 5. The van der Waals surface area contributed by atoms with Crippen molar-refractivity contribution < 1.29 is 22.7 Å². The van der Waals surface area contributed by atoms with Crippen LogP contribution in [0, 0.1) is 5.92 Å². The fourth-order valence-corrected chi connectivity index (χ4v) is 3.32. The number of halogens is 3. The topological polar surface area (TPSA) is 77.0 Å². The largest absolute Gasteiger partial charge is 0.467 e. The van der Waals surface area contributed by atoms with E-state index in [2.05, 4.69) is 31.1 Å². The molecule has 0 aliphatic heterocycles. The molecule has 0 spiro atoms. The zero-order valence-corrected chi connectivity index (χ0v) is 16.1. The van der Waals surface area contributed by atoms with Gasteiger partial charge in [0.15, 0.2) is 6.61 Å². The van der Waals surface area contributed by atoms with Crippen LogP contribution in [0.2, 0.25) is 0 Å². The van der Waals surface area contributed by atoms with Crippen molar-refractivity contribution in [3.05, 3.63) is 60.2 Å². The molecule has 30 heavy (non-hydrogen) atoms. The molecular formula is C21H19F3N4O2. The lowest BCUT2D eigenvalue weighted by Crippen LogP contribution is -2.29. The Balaban J connectivity index is 1.33. The van der Waals surface area contributed by atoms with Gasteiger partial charge in [0.1, 0.15) is 0 Å². The molecule has 1 saturated carbocycles. The van der Waals surface area contributed by atoms with Gasteiger partial charge in [-0.05, 0) is 37.0 Å². The minimum Gasteiger partial charge on any atom is -0.467 e. The number of hydrogen-bond donors (Lipinski definition) is 1. The molecule has 0 bridgehead atoms. The Morgan fingerprint density at radius 3 is 2.73 bits per heavy atom. The molecule has 3 unspecified atom stereocenters. The lowest BCUT2D eigenvalue weighted by molar-refractivity contribution is -0.154. The minimum atomic E-state index is -4.44. The summed E-state index contributed by atoms with van der Waals surface area (Å²) in [4.78, 5) is 24.9. The van der Waals surface area contributed by atoms with Crippen LogP contribution < -0.4 is 10.1 Å². The highest BCUT2D eigenvalue weighted by Crippen LogP contribution is 2.48. The zero-order valence-electron chi connectivity index (χ0n) is 16.1. The van der Waals surface area contributed by atoms with Crippen LogP contribution in [-0.4, -0.2) is 33.6 Å². The highest BCUT2D eigenvalue weighted by molar-refractivity contribution is 5.84. The summed E-state index contributed by atoms with van der Waals surface area (Å²) in [5.41, 5.74) is 2.39. The zero-order chi connectivity index (χ0) is 21.3. The quantitative estimate of drug-likeness (QED) is 0.659. The van der Waals surface area contributed by atoms with Gasteiger partial charge >= 0.3 is 6.18 Å². The average molecular weight is 416 g/mol. The van der Waals surface area contributed by atoms with Crippen molar-refractivity contribution in [3.63, 3.8) is 0 Å². The maximum atomic E-state index is 12.6. The van der Waals surface area contributed by atoms with E-state index < -0.39 is 18.8 Å². The Bertz CT molecular complexity index is 1060. The summed E-state index contributed by atoms with van der Waals surface area (Å²) >= 11 is 0. The van der Waals surface area contributed by atoms with Crippen LogP contribution >= 0.6 is 0 Å². The molecule has 6 nitrogen and oxygen atoms in total. The van der Waals surface area contributed by atoms with E-state index in [1.165, 1.54) is 6.20 Å². The molecule has 156 valence electrons. The van der Waals surface area contributed by atoms with E-state index in [0.29, 0.717) is 5.69 Å². The molecule has 1 aliphatic carbocycles. The van der Waals surface area contributed by atoms with Gasteiger partial charge in [-0.15, -0.1) is 0 Å². The number of carbonyl (C=O) groups is 1. The molecular weight excluding hydrogens is 397 g/mol. The van der Waals surface area contributed by atoms with Gasteiger partial charge < -0.3 is 10.1 Å². The van der Waals surface area contributed by atoms with Crippen molar-refractivity contribution in [2.24, 2.45) is 5.92 Å². The predicted octanol–water partition coefficient (Wildman–Crippen LogP) is 3.95. The first kappa shape index (κ1) is 20.1. The number of ether oxygens (including phenoxy) is 1. The number of alkyl halides is 3. The van der Waals surface area contributed by atoms with Gasteiger partial charge in [-0.25, -0.2) is 4.98 Å². The van der Waals surface area contributed by atoms with Crippen LogP contribution in [0.5, 0.6) is 5.88 Å². The predicted molar refractivity (Wildman–Crippen MR) is 103 cm³/mol. The molecule has 1 aromatic carbocycles. The molecule has 3 atom stereocenters. The second-order valence-electron chi connectivity index (χ2n) is 7.32. The third kappa shape index (κ3) is 4.67. The molecule has 3 aromatic rings. The molecule has 1 aliphatic rings. The van der Waals surface area contributed by atoms with E-state index in [9.17, 15) is 18.0 Å². The van der Waals surface area contributed by atoms with E-state index in [1.807, 2.05) is 30.5 Å². The second kappa shape index (κ2) is 7.89. The Morgan fingerprint density at radius 1 is 1.20 bits per heavy atom. The lowest BCUT2D eigenvalue weighted by atomic mass is 10.1. The Labute approximate surface area is 170 Å². The maximum absolute atomic E-state index is 12.6. The van der Waals surface area contributed by atoms with E-state index >= 15 is 0 Å². The van der Waals surface area contributed by atoms with Crippen LogP contribution in [0.25, 0.3) is 10.9 Å². The van der Waals surface area contributed by atoms with Gasteiger partial charge in [0.05, 0.1) is 29.6 Å². The summed E-state index contributed by atoms with van der Waals surface area (Å²) in [6.45, 7) is 0.313. The number of pyridine rings is 1. The smallest absolute Gasteiger partial charge is 0.422 e. The summed E-state index contributed by atoms with van der Waals surface area (Å²) in [5.74, 6) is -0.336. The molecule has 1 fully saturated rings. The Hall–Kier alpha value is -3.23. The van der Waals surface area contributed by atoms with Crippen LogP contribution in [-0.2, 0) is 4.79 Å². The minimum absolute atomic E-state index is 0.0974. The fourth-order valence-electron chi connectivity index (χ4n) is 3.32. The summed E-state index contributed by atoms with van der Waals surface area (Å²) in [6.07, 6.45) is 0.533. The molecule has 1 N–H and O–H groups in total. The van der Waals surface area contributed by atoms with Crippen molar-refractivity contribution >= 4 is 16.8 Å². The number of benzene rings is 1. The number of amides is 1. The number of aromatic nitrogens is 3. The number of nitrogens with one attached hydrogen (secondary N) is 1. The first-order valence-corrected chi connectivity index (χ1v) is 9.47. The van der Waals surface area contributed by atoms with Crippen LogP contribution in [0.3, 0.4) is 0 Å². The second-order valence-corrected chi connectivity index (χ2v) is 7.32. The SMILES string of the molecule is CC(NC(=O)C1CC1c1cnc2ccccc2c1)c1cnc(OCC(F)(F)F)cn1. The standard InChI is InChI=1S/C21H19F3N4O2/c1-12(18-9-27-19(10-26-18)30-11-21(22,23)24)28-20(29)16-7-15(16)14-6-13-4-2-3-5-17(13)25-8-14/h2-6,8-10,12,15-16H,7,11H2,1H3,(H,28,29). The third-order valence-electron chi connectivity index (χ3n) is 5.00. The van der Waals surface area contributed by atoms with Gasteiger partial charge in [-0.1, -0.05) is 18.2 Å². The number of carbonyl (C=O) groups excluding carboxylic acids is 1. The monoisotopic (exact) mass is 416 g/mol. The van der Waals surface area contributed by atoms with Gasteiger partial charge in [0.25, 0.3) is 0 Å². The first-order valence-electron chi connectivity index (χ1n) is 9.47. The summed E-state index contributed by atoms with van der Waals surface area (Å²) in [7, 11) is 0. The van der Waals surface area contributed by atoms with Crippen LogP contribution in [0.1, 0.15) is 36.6 Å². The van der Waals surface area contributed by atoms with Crippen molar-refractivity contribution in [3.8, 4) is 5.88 Å². The normalized spacial score (nSPS) is 19.3. The van der Waals surface area contributed by atoms with Crippen molar-refractivity contribution in [2.45, 2.75) is 31.5 Å². The van der Waals surface area contributed by atoms with E-state index in [-0.39, 0.29) is 23.6 Å². The Kier molecular flexibility index (Phi) is 5.27. The molecule has 9 heteroatoms. The van der Waals surface area contributed by atoms with Crippen molar-refractivity contribution in [2.75, 3.05) is 6.61 Å². The summed E-state index contributed by atoms with van der Waals surface area (Å²) in [6, 6.07) is 9.45. The van der Waals surface area contributed by atoms with E-state index in [1.54, 1.807) is 6.92 Å². The molecule has 1 amide bonds. The van der Waals surface area contributed by atoms with E-state index in [4.69, 9.17) is 0 Å². The van der Waals surface area contributed by atoms with Gasteiger partial charge in [-0.2, -0.15) is 13.2 Å². The highest BCUT2D eigenvalue weighted by Gasteiger charge is 2.44. The number of rotatable bonds is 6. The molecule has 4 rings (SSSR count). The van der Waals surface area contributed by atoms with Crippen LogP contribution in [0.4, 0.5) is 13.2 Å². The van der Waals surface area contributed by atoms with Crippen molar-refractivity contribution in [1.82, 2.24) is 20.3 Å². The van der Waals surface area contributed by atoms with Gasteiger partial charge in [-0.3, -0.25) is 14.8 Å². The lowest BCUT2D eigenvalue weighted by Gasteiger charge is -2.14. The number of fused-ring (bicyclic) bond motifs is 1. The van der Waals surface area contributed by atoms with Gasteiger partial charge in [0.2, 0.25) is 11.8 Å². The number of para-hydroxylation sites is 1. The van der Waals surface area contributed by atoms with E-state index in [0.717, 1.165) is 29.1 Å². The fraction of sp³-hybridized carbons (Fsp3) is 0.333. The maximum Gasteiger partial charge on any atom is 0.422 e. The summed E-state index contributed by atoms with van der Waals surface area (Å²) in [5, 5.41) is 3.93. The molecule has 2 aromatic heterocycles. The Morgan fingerprint density at radius 2 is 2.00 bits per heavy atom. The molecule has 0 radical (unpaired) electrons. The van der Waals surface area contributed by atoms with Crippen LogP contribution in [0.15, 0.2) is 48.9 Å².